The molecule has 1 N–H and O–H groups in total. The number of carbonyl (C=O) groups is 2. The summed E-state index contributed by atoms with van der Waals surface area (Å²) in [6.07, 6.45) is 1.72. The molecule has 0 radical (unpaired) electrons. The number of rotatable bonds is 5. The molecule has 0 unspecified atom stereocenters. The van der Waals surface area contributed by atoms with Crippen molar-refractivity contribution in [1.82, 2.24) is 10.2 Å². The van der Waals surface area contributed by atoms with Crippen LogP contribution in [0, 0.1) is 0 Å². The summed E-state index contributed by atoms with van der Waals surface area (Å²) in [4.78, 5) is 28.6. The minimum Gasteiger partial charge on any atom is -0.495 e. The molecular formula is C22H25N3O3. The summed E-state index contributed by atoms with van der Waals surface area (Å²) in [6.45, 7) is 3.95. The van der Waals surface area contributed by atoms with Crippen molar-refractivity contribution >= 4 is 23.6 Å². The first-order valence-corrected chi connectivity index (χ1v) is 9.30. The number of hydrogen-bond donors (Lipinski definition) is 1. The average Bonchev–Trinajstić information content (AvgIpc) is 2.73. The number of piperazine rings is 1. The van der Waals surface area contributed by atoms with Crippen LogP contribution in [0.25, 0.3) is 6.08 Å². The first kappa shape index (κ1) is 19.5. The number of nitrogens with zero attached hydrogens (tertiary/aromatic N) is 2. The minimum absolute atomic E-state index is 0.168. The number of anilines is 1. The molecule has 0 bridgehead atoms. The van der Waals surface area contributed by atoms with Gasteiger partial charge >= 0.3 is 0 Å². The van der Waals surface area contributed by atoms with Gasteiger partial charge in [-0.2, -0.15) is 0 Å². The van der Waals surface area contributed by atoms with Gasteiger partial charge in [-0.3, -0.25) is 9.59 Å². The Balaban J connectivity index is 1.72. The molecule has 2 aromatic carbocycles. The van der Waals surface area contributed by atoms with Crippen LogP contribution in [-0.4, -0.2) is 50.0 Å². The quantitative estimate of drug-likeness (QED) is 0.811. The van der Waals surface area contributed by atoms with Crippen molar-refractivity contribution < 1.29 is 14.3 Å². The van der Waals surface area contributed by atoms with E-state index in [2.05, 4.69) is 10.2 Å². The predicted molar refractivity (Wildman–Crippen MR) is 110 cm³/mol. The lowest BCUT2D eigenvalue weighted by Gasteiger charge is -2.37. The standard InChI is InChI=1S/C22H25N3O3/c1-17(26)23-19(16-18-8-4-3-5-9-18)22(27)25-14-12-24(13-15-25)20-10-6-7-11-21(20)28-2/h3-11,16H,12-15H2,1-2H3,(H,23,26)/b19-16-. The van der Waals surface area contributed by atoms with E-state index in [4.69, 9.17) is 4.74 Å². The molecule has 0 spiro atoms. The minimum atomic E-state index is -0.261. The van der Waals surface area contributed by atoms with Crippen molar-refractivity contribution in [2.24, 2.45) is 0 Å². The van der Waals surface area contributed by atoms with Gasteiger partial charge in [0.05, 0.1) is 12.8 Å². The van der Waals surface area contributed by atoms with E-state index < -0.39 is 0 Å². The monoisotopic (exact) mass is 379 g/mol. The first-order chi connectivity index (χ1) is 13.6. The van der Waals surface area contributed by atoms with Crippen LogP contribution in [0.4, 0.5) is 5.69 Å². The molecule has 0 atom stereocenters. The van der Waals surface area contributed by atoms with Crippen LogP contribution < -0.4 is 15.0 Å². The smallest absolute Gasteiger partial charge is 0.270 e. The van der Waals surface area contributed by atoms with E-state index in [1.807, 2.05) is 54.6 Å². The second-order valence-electron chi connectivity index (χ2n) is 6.60. The number of nitrogens with one attached hydrogen (secondary N) is 1. The van der Waals surface area contributed by atoms with Gasteiger partial charge in [-0.1, -0.05) is 42.5 Å². The average molecular weight is 379 g/mol. The highest BCUT2D eigenvalue weighted by atomic mass is 16.5. The largest absolute Gasteiger partial charge is 0.495 e. The SMILES string of the molecule is COc1ccccc1N1CCN(C(=O)/C(=C/c2ccccc2)NC(C)=O)CC1. The van der Waals surface area contributed by atoms with E-state index in [9.17, 15) is 9.59 Å². The van der Waals surface area contributed by atoms with Gasteiger partial charge in [0.15, 0.2) is 0 Å². The van der Waals surface area contributed by atoms with Gasteiger partial charge in [0, 0.05) is 33.1 Å². The molecule has 146 valence electrons. The number of benzene rings is 2. The Morgan fingerprint density at radius 3 is 2.25 bits per heavy atom. The Morgan fingerprint density at radius 2 is 1.61 bits per heavy atom. The Bertz CT molecular complexity index is 856. The third kappa shape index (κ3) is 4.71. The van der Waals surface area contributed by atoms with E-state index in [0.29, 0.717) is 31.9 Å². The molecular weight excluding hydrogens is 354 g/mol. The van der Waals surface area contributed by atoms with Crippen LogP contribution in [0.2, 0.25) is 0 Å². The first-order valence-electron chi connectivity index (χ1n) is 9.30. The van der Waals surface area contributed by atoms with Gasteiger partial charge in [-0.25, -0.2) is 0 Å². The highest BCUT2D eigenvalue weighted by molar-refractivity contribution is 6.01. The zero-order chi connectivity index (χ0) is 19.9. The molecule has 6 heteroatoms. The lowest BCUT2D eigenvalue weighted by atomic mass is 10.1. The Hall–Kier alpha value is -3.28. The van der Waals surface area contributed by atoms with Crippen LogP contribution >= 0.6 is 0 Å². The van der Waals surface area contributed by atoms with Crippen molar-refractivity contribution in [2.75, 3.05) is 38.2 Å². The van der Waals surface area contributed by atoms with E-state index in [1.165, 1.54) is 6.92 Å². The van der Waals surface area contributed by atoms with Crippen LogP contribution in [0.5, 0.6) is 5.75 Å². The topological polar surface area (TPSA) is 61.9 Å². The second kappa shape index (κ2) is 9.08. The van der Waals surface area contributed by atoms with Gasteiger partial charge in [0.1, 0.15) is 11.4 Å². The summed E-state index contributed by atoms with van der Waals surface area (Å²) >= 11 is 0. The molecule has 2 aromatic rings. The number of para-hydroxylation sites is 2. The summed E-state index contributed by atoms with van der Waals surface area (Å²) < 4.78 is 5.44. The van der Waals surface area contributed by atoms with Crippen molar-refractivity contribution in [2.45, 2.75) is 6.92 Å². The van der Waals surface area contributed by atoms with Gasteiger partial charge in [0.25, 0.3) is 5.91 Å². The Labute approximate surface area is 165 Å². The zero-order valence-corrected chi connectivity index (χ0v) is 16.2. The molecule has 1 saturated heterocycles. The molecule has 6 nitrogen and oxygen atoms in total. The van der Waals surface area contributed by atoms with Crippen LogP contribution in [-0.2, 0) is 9.59 Å². The van der Waals surface area contributed by atoms with Gasteiger partial charge in [0.2, 0.25) is 5.91 Å². The maximum absolute atomic E-state index is 13.0. The van der Waals surface area contributed by atoms with E-state index in [1.54, 1.807) is 18.1 Å². The summed E-state index contributed by atoms with van der Waals surface area (Å²) in [6, 6.07) is 17.4. The number of carbonyl (C=O) groups excluding carboxylic acids is 2. The maximum Gasteiger partial charge on any atom is 0.270 e. The number of ether oxygens (including phenoxy) is 1. The molecule has 0 saturated carbocycles. The van der Waals surface area contributed by atoms with Crippen molar-refractivity contribution in [3.63, 3.8) is 0 Å². The van der Waals surface area contributed by atoms with Gasteiger partial charge in [-0.15, -0.1) is 0 Å². The van der Waals surface area contributed by atoms with Crippen molar-refractivity contribution in [3.8, 4) is 5.75 Å². The highest BCUT2D eigenvalue weighted by Crippen LogP contribution is 2.28. The fraction of sp³-hybridized carbons (Fsp3) is 0.273. The van der Waals surface area contributed by atoms with Crippen LogP contribution in [0.15, 0.2) is 60.3 Å². The van der Waals surface area contributed by atoms with E-state index >= 15 is 0 Å². The highest BCUT2D eigenvalue weighted by Gasteiger charge is 2.25. The Kier molecular flexibility index (Phi) is 6.32. The zero-order valence-electron chi connectivity index (χ0n) is 16.2. The molecule has 2 amide bonds. The third-order valence-electron chi connectivity index (χ3n) is 4.64. The van der Waals surface area contributed by atoms with Crippen molar-refractivity contribution in [1.29, 1.82) is 0 Å². The van der Waals surface area contributed by atoms with Crippen molar-refractivity contribution in [3.05, 3.63) is 65.9 Å². The molecule has 1 heterocycles. The van der Waals surface area contributed by atoms with E-state index in [-0.39, 0.29) is 11.8 Å². The predicted octanol–water partition coefficient (Wildman–Crippen LogP) is 2.52. The third-order valence-corrected chi connectivity index (χ3v) is 4.64. The van der Waals surface area contributed by atoms with Crippen LogP contribution in [0.1, 0.15) is 12.5 Å². The molecule has 1 fully saturated rings. The summed E-state index contributed by atoms with van der Waals surface area (Å²) in [5.41, 5.74) is 2.19. The van der Waals surface area contributed by atoms with Crippen LogP contribution in [0.3, 0.4) is 0 Å². The second-order valence-corrected chi connectivity index (χ2v) is 6.60. The molecule has 1 aliphatic rings. The van der Waals surface area contributed by atoms with E-state index in [0.717, 1.165) is 17.0 Å². The fourth-order valence-corrected chi connectivity index (χ4v) is 3.27. The normalized spacial score (nSPS) is 14.6. The molecule has 1 aliphatic heterocycles. The lowest BCUT2D eigenvalue weighted by molar-refractivity contribution is -0.129. The number of amides is 2. The summed E-state index contributed by atoms with van der Waals surface area (Å²) in [5.74, 6) is 0.395. The Morgan fingerprint density at radius 1 is 0.964 bits per heavy atom. The summed E-state index contributed by atoms with van der Waals surface area (Å²) in [7, 11) is 1.66. The number of methoxy groups -OCH3 is 1. The summed E-state index contributed by atoms with van der Waals surface area (Å²) in [5, 5.41) is 2.68. The molecule has 0 aliphatic carbocycles. The number of hydrogen-bond acceptors (Lipinski definition) is 4. The molecule has 0 aromatic heterocycles. The van der Waals surface area contributed by atoms with Gasteiger partial charge < -0.3 is 19.9 Å². The molecule has 28 heavy (non-hydrogen) atoms. The lowest BCUT2D eigenvalue weighted by Crippen LogP contribution is -2.50. The maximum atomic E-state index is 13.0. The fourth-order valence-electron chi connectivity index (χ4n) is 3.27. The van der Waals surface area contributed by atoms with Gasteiger partial charge in [-0.05, 0) is 23.8 Å². The molecule has 3 rings (SSSR count).